The van der Waals surface area contributed by atoms with E-state index in [9.17, 15) is 18.7 Å². The first-order chi connectivity index (χ1) is 9.89. The van der Waals surface area contributed by atoms with Gasteiger partial charge in [0, 0.05) is 12.3 Å². The van der Waals surface area contributed by atoms with Crippen LogP contribution in [0, 0.1) is 0 Å². The van der Waals surface area contributed by atoms with E-state index in [1.807, 2.05) is 6.92 Å². The van der Waals surface area contributed by atoms with Crippen molar-refractivity contribution in [3.05, 3.63) is 29.8 Å². The second-order valence-electron chi connectivity index (χ2n) is 5.25. The molecule has 0 heterocycles. The van der Waals surface area contributed by atoms with E-state index in [0.717, 1.165) is 5.56 Å². The number of halogens is 2. The zero-order chi connectivity index (χ0) is 15.5. The molecule has 0 unspecified atom stereocenters. The number of alkyl halides is 2. The number of anilines is 1. The van der Waals surface area contributed by atoms with Crippen LogP contribution >= 0.6 is 0 Å². The fraction of sp³-hybridized carbons (Fsp3) is 0.533. The molecule has 1 saturated carbocycles. The summed E-state index contributed by atoms with van der Waals surface area (Å²) in [6.07, 6.45) is 0.388. The topological polar surface area (TPSA) is 58.6 Å². The van der Waals surface area contributed by atoms with Gasteiger partial charge < -0.3 is 15.2 Å². The minimum atomic E-state index is -3.79. The molecule has 0 aliphatic heterocycles. The molecule has 0 spiro atoms. The van der Waals surface area contributed by atoms with Gasteiger partial charge in [0.2, 0.25) is 0 Å². The van der Waals surface area contributed by atoms with Crippen molar-refractivity contribution >= 4 is 11.6 Å². The first-order valence-electron chi connectivity index (χ1n) is 6.97. The number of carbonyl (C=O) groups is 1. The van der Waals surface area contributed by atoms with Gasteiger partial charge in [-0.1, -0.05) is 12.1 Å². The van der Waals surface area contributed by atoms with Crippen LogP contribution in [-0.2, 0) is 16.1 Å². The van der Waals surface area contributed by atoms with Crippen molar-refractivity contribution < 1.29 is 23.4 Å². The van der Waals surface area contributed by atoms with Gasteiger partial charge in [-0.25, -0.2) is 0 Å². The third kappa shape index (κ3) is 3.22. The number of hydrogen-bond donors (Lipinski definition) is 2. The summed E-state index contributed by atoms with van der Waals surface area (Å²) in [5.41, 5.74) is -1.17. The molecule has 1 fully saturated rings. The van der Waals surface area contributed by atoms with Crippen molar-refractivity contribution in [2.45, 2.75) is 44.3 Å². The Balaban J connectivity index is 2.05. The van der Waals surface area contributed by atoms with Crippen LogP contribution in [0.3, 0.4) is 0 Å². The molecule has 6 heteroatoms. The largest absolute Gasteiger partial charge is 0.383 e. The van der Waals surface area contributed by atoms with Crippen molar-refractivity contribution in [1.29, 1.82) is 0 Å². The lowest BCUT2D eigenvalue weighted by Crippen LogP contribution is -2.59. The maximum Gasteiger partial charge on any atom is 0.352 e. The predicted octanol–water partition coefficient (Wildman–Crippen LogP) is 2.71. The van der Waals surface area contributed by atoms with E-state index < -0.39 is 17.4 Å². The number of nitrogens with one attached hydrogen (secondary N) is 1. The summed E-state index contributed by atoms with van der Waals surface area (Å²) >= 11 is 0. The molecule has 2 N–H and O–H groups in total. The Labute approximate surface area is 122 Å². The number of benzene rings is 1. The minimum Gasteiger partial charge on any atom is -0.383 e. The SMILES string of the molecule is CCOCc1cccc(NC(=O)C(F)(F)C2(O)CCC2)c1. The molecule has 1 aliphatic carbocycles. The molecule has 1 aliphatic rings. The first-order valence-corrected chi connectivity index (χ1v) is 6.97. The van der Waals surface area contributed by atoms with Crippen LogP contribution < -0.4 is 5.32 Å². The molecule has 0 saturated heterocycles. The highest BCUT2D eigenvalue weighted by Gasteiger charge is 2.61. The molecule has 0 radical (unpaired) electrons. The summed E-state index contributed by atoms with van der Waals surface area (Å²) in [6.45, 7) is 2.74. The van der Waals surface area contributed by atoms with Gasteiger partial charge in [-0.05, 0) is 43.9 Å². The molecule has 21 heavy (non-hydrogen) atoms. The summed E-state index contributed by atoms with van der Waals surface area (Å²) in [5, 5.41) is 11.9. The van der Waals surface area contributed by atoms with Crippen molar-refractivity contribution in [3.63, 3.8) is 0 Å². The smallest absolute Gasteiger partial charge is 0.352 e. The molecule has 1 aromatic rings. The number of hydrogen-bond acceptors (Lipinski definition) is 3. The fourth-order valence-electron chi connectivity index (χ4n) is 2.21. The molecule has 116 valence electrons. The van der Waals surface area contributed by atoms with Gasteiger partial charge >= 0.3 is 5.92 Å². The molecule has 0 atom stereocenters. The van der Waals surface area contributed by atoms with Crippen LogP contribution in [0.5, 0.6) is 0 Å². The van der Waals surface area contributed by atoms with E-state index in [4.69, 9.17) is 4.74 Å². The van der Waals surface area contributed by atoms with Gasteiger partial charge in [-0.15, -0.1) is 0 Å². The molecule has 4 nitrogen and oxygen atoms in total. The first kappa shape index (κ1) is 15.9. The maximum atomic E-state index is 13.9. The second-order valence-corrected chi connectivity index (χ2v) is 5.25. The van der Waals surface area contributed by atoms with Crippen LogP contribution in [0.2, 0.25) is 0 Å². The van der Waals surface area contributed by atoms with Gasteiger partial charge in [-0.2, -0.15) is 8.78 Å². The summed E-state index contributed by atoms with van der Waals surface area (Å²) < 4.78 is 33.1. The van der Waals surface area contributed by atoms with Gasteiger partial charge in [0.15, 0.2) is 0 Å². The maximum absolute atomic E-state index is 13.9. The number of aliphatic hydroxyl groups is 1. The molecule has 1 amide bonds. The van der Waals surface area contributed by atoms with Crippen molar-refractivity contribution in [3.8, 4) is 0 Å². The lowest BCUT2D eigenvalue weighted by atomic mass is 9.75. The van der Waals surface area contributed by atoms with E-state index in [-0.39, 0.29) is 18.5 Å². The lowest BCUT2D eigenvalue weighted by molar-refractivity contribution is -0.212. The Morgan fingerprint density at radius 2 is 2.19 bits per heavy atom. The van der Waals surface area contributed by atoms with Crippen molar-refractivity contribution in [2.24, 2.45) is 0 Å². The van der Waals surface area contributed by atoms with Crippen molar-refractivity contribution in [1.82, 2.24) is 0 Å². The van der Waals surface area contributed by atoms with Crippen LogP contribution in [0.25, 0.3) is 0 Å². The quantitative estimate of drug-likeness (QED) is 0.849. The molecule has 1 aromatic carbocycles. The van der Waals surface area contributed by atoms with E-state index in [2.05, 4.69) is 5.32 Å². The third-order valence-electron chi connectivity index (χ3n) is 3.71. The highest BCUT2D eigenvalue weighted by Crippen LogP contribution is 2.44. The molecule has 2 rings (SSSR count). The summed E-state index contributed by atoms with van der Waals surface area (Å²) in [6, 6.07) is 6.53. The third-order valence-corrected chi connectivity index (χ3v) is 3.71. The Kier molecular flexibility index (Phi) is 4.58. The highest BCUT2D eigenvalue weighted by atomic mass is 19.3. The van der Waals surface area contributed by atoms with Gasteiger partial charge in [-0.3, -0.25) is 4.79 Å². The second kappa shape index (κ2) is 6.07. The van der Waals surface area contributed by atoms with Gasteiger partial charge in [0.05, 0.1) is 6.61 Å². The fourth-order valence-corrected chi connectivity index (χ4v) is 2.21. The molecular weight excluding hydrogens is 280 g/mol. The minimum absolute atomic E-state index is 0.0577. The number of ether oxygens (including phenoxy) is 1. The molecule has 0 bridgehead atoms. The molecule has 0 aromatic heterocycles. The average Bonchev–Trinajstić information content (AvgIpc) is 2.42. The number of rotatable bonds is 6. The van der Waals surface area contributed by atoms with Crippen LogP contribution in [-0.4, -0.2) is 29.1 Å². The molecular formula is C15H19F2NO3. The van der Waals surface area contributed by atoms with E-state index in [1.54, 1.807) is 18.2 Å². The van der Waals surface area contributed by atoms with Crippen molar-refractivity contribution in [2.75, 3.05) is 11.9 Å². The van der Waals surface area contributed by atoms with Crippen LogP contribution in [0.15, 0.2) is 24.3 Å². The summed E-state index contributed by atoms with van der Waals surface area (Å²) in [7, 11) is 0. The Hall–Kier alpha value is -1.53. The zero-order valence-corrected chi connectivity index (χ0v) is 11.9. The standard InChI is InChI=1S/C15H19F2NO3/c1-2-21-10-11-5-3-6-12(9-11)18-13(19)15(16,17)14(20)7-4-8-14/h3,5-6,9,20H,2,4,7-8,10H2,1H3,(H,18,19). The summed E-state index contributed by atoms with van der Waals surface area (Å²) in [5.74, 6) is -5.26. The van der Waals surface area contributed by atoms with E-state index in [0.29, 0.717) is 19.6 Å². The van der Waals surface area contributed by atoms with E-state index >= 15 is 0 Å². The predicted molar refractivity (Wildman–Crippen MR) is 74.1 cm³/mol. The average molecular weight is 299 g/mol. The van der Waals surface area contributed by atoms with E-state index in [1.165, 1.54) is 6.07 Å². The summed E-state index contributed by atoms with van der Waals surface area (Å²) in [4.78, 5) is 11.7. The van der Waals surface area contributed by atoms with Crippen LogP contribution in [0.1, 0.15) is 31.7 Å². The number of carbonyl (C=O) groups excluding carboxylic acids is 1. The monoisotopic (exact) mass is 299 g/mol. The normalized spacial score (nSPS) is 17.1. The Morgan fingerprint density at radius 1 is 1.48 bits per heavy atom. The van der Waals surface area contributed by atoms with Gasteiger partial charge in [0.25, 0.3) is 5.91 Å². The van der Waals surface area contributed by atoms with Gasteiger partial charge in [0.1, 0.15) is 5.60 Å². The Bertz CT molecular complexity index is 515. The highest BCUT2D eigenvalue weighted by molar-refractivity contribution is 5.97. The van der Waals surface area contributed by atoms with Crippen LogP contribution in [0.4, 0.5) is 14.5 Å². The zero-order valence-electron chi connectivity index (χ0n) is 11.9. The Morgan fingerprint density at radius 3 is 2.76 bits per heavy atom. The lowest BCUT2D eigenvalue weighted by Gasteiger charge is -2.41. The number of amides is 1.